The van der Waals surface area contributed by atoms with Crippen molar-refractivity contribution in [2.45, 2.75) is 12.3 Å². The van der Waals surface area contributed by atoms with E-state index in [1.165, 1.54) is 10.5 Å². The number of anilines is 1. The van der Waals surface area contributed by atoms with Crippen LogP contribution in [0.3, 0.4) is 0 Å². The van der Waals surface area contributed by atoms with Crippen molar-refractivity contribution in [2.24, 2.45) is 0 Å². The second kappa shape index (κ2) is 4.98. The van der Waals surface area contributed by atoms with Gasteiger partial charge in [0.2, 0.25) is 0 Å². The van der Waals surface area contributed by atoms with Crippen LogP contribution >= 0.6 is 0 Å². The summed E-state index contributed by atoms with van der Waals surface area (Å²) >= 11 is 0. The molecule has 2 amide bonds. The molecule has 0 aliphatic carbocycles. The van der Waals surface area contributed by atoms with E-state index in [0.29, 0.717) is 17.7 Å². The molecular formula is C18H16N2O2. The number of carbonyl (C=O) groups excluding carboxylic acids is 2. The van der Waals surface area contributed by atoms with Gasteiger partial charge in [-0.3, -0.25) is 14.5 Å². The van der Waals surface area contributed by atoms with Gasteiger partial charge in [-0.15, -0.1) is 0 Å². The van der Waals surface area contributed by atoms with Gasteiger partial charge in [0.25, 0.3) is 11.8 Å². The highest BCUT2D eigenvalue weighted by atomic mass is 16.2. The van der Waals surface area contributed by atoms with E-state index in [2.05, 4.69) is 11.4 Å². The molecule has 2 heterocycles. The Hall–Kier alpha value is -2.62. The van der Waals surface area contributed by atoms with E-state index < -0.39 is 0 Å². The fourth-order valence-electron chi connectivity index (χ4n) is 3.37. The lowest BCUT2D eigenvalue weighted by atomic mass is 9.90. The van der Waals surface area contributed by atoms with Crippen LogP contribution in [0.25, 0.3) is 0 Å². The second-order valence-electron chi connectivity index (χ2n) is 5.77. The van der Waals surface area contributed by atoms with Gasteiger partial charge in [0.1, 0.15) is 0 Å². The minimum Gasteiger partial charge on any atom is -0.385 e. The highest BCUT2D eigenvalue weighted by molar-refractivity contribution is 6.21. The van der Waals surface area contributed by atoms with Crippen molar-refractivity contribution in [2.75, 3.05) is 18.4 Å². The van der Waals surface area contributed by atoms with Gasteiger partial charge in [-0.25, -0.2) is 0 Å². The fraction of sp³-hybridized carbons (Fsp3) is 0.222. The number of rotatable bonds is 2. The lowest BCUT2D eigenvalue weighted by Gasteiger charge is -2.29. The molecule has 2 aromatic rings. The minimum atomic E-state index is -0.170. The lowest BCUT2D eigenvalue weighted by Crippen LogP contribution is -2.35. The Labute approximate surface area is 128 Å². The predicted molar refractivity (Wildman–Crippen MR) is 84.1 cm³/mol. The molecule has 1 unspecified atom stereocenters. The van der Waals surface area contributed by atoms with Gasteiger partial charge >= 0.3 is 0 Å². The summed E-state index contributed by atoms with van der Waals surface area (Å²) in [5.74, 6) is -0.145. The van der Waals surface area contributed by atoms with Crippen LogP contribution in [-0.4, -0.2) is 29.8 Å². The molecule has 1 atom stereocenters. The smallest absolute Gasteiger partial charge is 0.261 e. The molecular weight excluding hydrogens is 276 g/mol. The van der Waals surface area contributed by atoms with Gasteiger partial charge < -0.3 is 5.32 Å². The molecule has 4 heteroatoms. The number of fused-ring (bicyclic) bond motifs is 2. The molecule has 22 heavy (non-hydrogen) atoms. The van der Waals surface area contributed by atoms with Crippen LogP contribution in [0.2, 0.25) is 0 Å². The molecule has 2 aliphatic heterocycles. The molecule has 110 valence electrons. The topological polar surface area (TPSA) is 49.4 Å². The maximum atomic E-state index is 12.5. The number of para-hydroxylation sites is 1. The number of nitrogens with zero attached hydrogens (tertiary/aromatic N) is 1. The zero-order chi connectivity index (χ0) is 15.1. The van der Waals surface area contributed by atoms with E-state index in [1.807, 2.05) is 18.2 Å². The van der Waals surface area contributed by atoms with Gasteiger partial charge in [-0.1, -0.05) is 30.3 Å². The maximum Gasteiger partial charge on any atom is 0.261 e. The Morgan fingerprint density at radius 1 is 0.955 bits per heavy atom. The van der Waals surface area contributed by atoms with E-state index in [4.69, 9.17) is 0 Å². The Kier molecular flexibility index (Phi) is 2.96. The first-order chi connectivity index (χ1) is 10.8. The van der Waals surface area contributed by atoms with Crippen LogP contribution in [0.15, 0.2) is 48.5 Å². The standard InChI is InChI=1S/C18H16N2O2/c21-17-14-6-1-2-7-15(14)18(22)20(17)11-12-9-10-19-16-8-4-3-5-13(12)16/h1-8,12,19H,9-11H2. The first-order valence-corrected chi connectivity index (χ1v) is 7.54. The van der Waals surface area contributed by atoms with Crippen molar-refractivity contribution in [3.63, 3.8) is 0 Å². The molecule has 0 aromatic heterocycles. The van der Waals surface area contributed by atoms with Crippen molar-refractivity contribution < 1.29 is 9.59 Å². The summed E-state index contributed by atoms with van der Waals surface area (Å²) in [5.41, 5.74) is 3.34. The Morgan fingerprint density at radius 2 is 1.59 bits per heavy atom. The van der Waals surface area contributed by atoms with Crippen LogP contribution in [0.4, 0.5) is 5.69 Å². The number of amides is 2. The van der Waals surface area contributed by atoms with E-state index in [-0.39, 0.29) is 17.7 Å². The summed E-state index contributed by atoms with van der Waals surface area (Å²) < 4.78 is 0. The molecule has 0 saturated heterocycles. The third kappa shape index (κ3) is 1.91. The van der Waals surface area contributed by atoms with E-state index in [0.717, 1.165) is 18.7 Å². The monoisotopic (exact) mass is 292 g/mol. The zero-order valence-electron chi connectivity index (χ0n) is 12.1. The second-order valence-corrected chi connectivity index (χ2v) is 5.77. The van der Waals surface area contributed by atoms with Gasteiger partial charge in [0, 0.05) is 24.7 Å². The van der Waals surface area contributed by atoms with E-state index in [9.17, 15) is 9.59 Å². The fourth-order valence-corrected chi connectivity index (χ4v) is 3.37. The van der Waals surface area contributed by atoms with Crippen molar-refractivity contribution in [1.29, 1.82) is 0 Å². The normalized spacial score (nSPS) is 19.6. The van der Waals surface area contributed by atoms with E-state index >= 15 is 0 Å². The van der Waals surface area contributed by atoms with Gasteiger partial charge in [-0.2, -0.15) is 0 Å². The minimum absolute atomic E-state index is 0.170. The van der Waals surface area contributed by atoms with E-state index in [1.54, 1.807) is 24.3 Å². The Morgan fingerprint density at radius 3 is 2.32 bits per heavy atom. The number of benzene rings is 2. The third-order valence-electron chi connectivity index (χ3n) is 4.49. The summed E-state index contributed by atoms with van der Waals surface area (Å²) in [6.45, 7) is 1.32. The number of hydrogen-bond acceptors (Lipinski definition) is 3. The molecule has 4 nitrogen and oxygen atoms in total. The van der Waals surface area contributed by atoms with Gasteiger partial charge in [0.05, 0.1) is 11.1 Å². The van der Waals surface area contributed by atoms with Gasteiger partial charge in [-0.05, 0) is 30.2 Å². The molecule has 0 bridgehead atoms. The largest absolute Gasteiger partial charge is 0.385 e. The van der Waals surface area contributed by atoms with Crippen LogP contribution < -0.4 is 5.32 Å². The lowest BCUT2D eigenvalue weighted by molar-refractivity contribution is 0.0643. The van der Waals surface area contributed by atoms with Crippen molar-refractivity contribution >= 4 is 17.5 Å². The summed E-state index contributed by atoms with van der Waals surface area (Å²) in [6.07, 6.45) is 0.921. The number of hydrogen-bond donors (Lipinski definition) is 1. The Balaban J connectivity index is 1.64. The Bertz CT molecular complexity index is 734. The van der Waals surface area contributed by atoms with Crippen LogP contribution in [-0.2, 0) is 0 Å². The molecule has 1 N–H and O–H groups in total. The van der Waals surface area contributed by atoms with Gasteiger partial charge in [0.15, 0.2) is 0 Å². The molecule has 0 saturated carbocycles. The van der Waals surface area contributed by atoms with Crippen molar-refractivity contribution in [3.8, 4) is 0 Å². The summed E-state index contributed by atoms with van der Waals surface area (Å²) in [7, 11) is 0. The number of nitrogens with one attached hydrogen (secondary N) is 1. The molecule has 2 aliphatic rings. The average Bonchev–Trinajstić information content (AvgIpc) is 2.81. The van der Waals surface area contributed by atoms with Crippen LogP contribution in [0, 0.1) is 0 Å². The molecule has 0 radical (unpaired) electrons. The maximum absolute atomic E-state index is 12.5. The molecule has 0 spiro atoms. The number of carbonyl (C=O) groups is 2. The first-order valence-electron chi connectivity index (χ1n) is 7.54. The predicted octanol–water partition coefficient (Wildman–Crippen LogP) is 2.88. The first kappa shape index (κ1) is 13.1. The molecule has 2 aromatic carbocycles. The van der Waals surface area contributed by atoms with Crippen LogP contribution in [0.1, 0.15) is 38.6 Å². The van der Waals surface area contributed by atoms with Crippen molar-refractivity contribution in [1.82, 2.24) is 4.90 Å². The average molecular weight is 292 g/mol. The molecule has 4 rings (SSSR count). The van der Waals surface area contributed by atoms with Crippen molar-refractivity contribution in [3.05, 3.63) is 65.2 Å². The highest BCUT2D eigenvalue weighted by Gasteiger charge is 2.37. The SMILES string of the molecule is O=C1c2ccccc2C(=O)N1CC1CCNc2ccccc21. The highest BCUT2D eigenvalue weighted by Crippen LogP contribution is 2.34. The summed E-state index contributed by atoms with van der Waals surface area (Å²) in [6, 6.07) is 15.2. The summed E-state index contributed by atoms with van der Waals surface area (Å²) in [5, 5.41) is 3.37. The quantitative estimate of drug-likeness (QED) is 0.866. The number of imide groups is 1. The van der Waals surface area contributed by atoms with Crippen LogP contribution in [0.5, 0.6) is 0 Å². The summed E-state index contributed by atoms with van der Waals surface area (Å²) in [4.78, 5) is 26.4. The third-order valence-corrected chi connectivity index (χ3v) is 4.49. The molecule has 0 fully saturated rings. The zero-order valence-corrected chi connectivity index (χ0v) is 12.1.